The molecule has 1 aliphatic rings. The minimum atomic E-state index is -3.90. The summed E-state index contributed by atoms with van der Waals surface area (Å²) in [4.78, 5) is 14.0. The highest BCUT2D eigenvalue weighted by molar-refractivity contribution is 9.10. The quantitative estimate of drug-likeness (QED) is 0.331. The molecular formula is C14H11BrFN3O4S. The summed E-state index contributed by atoms with van der Waals surface area (Å²) in [6.45, 7) is 1.65. The van der Waals surface area contributed by atoms with Crippen LogP contribution in [0.25, 0.3) is 0 Å². The lowest BCUT2D eigenvalue weighted by Crippen LogP contribution is -2.22. The number of pyridine rings is 1. The van der Waals surface area contributed by atoms with Crippen molar-refractivity contribution in [3.8, 4) is 0 Å². The predicted molar refractivity (Wildman–Crippen MR) is 86.2 cm³/mol. The molecule has 0 amide bonds. The van der Waals surface area contributed by atoms with Gasteiger partial charge in [-0.1, -0.05) is 0 Å². The zero-order valence-electron chi connectivity index (χ0n) is 12.3. The van der Waals surface area contributed by atoms with Crippen LogP contribution in [0, 0.1) is 15.9 Å². The van der Waals surface area contributed by atoms with Crippen LogP contribution < -0.4 is 0 Å². The molecule has 2 heterocycles. The van der Waals surface area contributed by atoms with E-state index < -0.39 is 26.3 Å². The molecule has 0 bridgehead atoms. The van der Waals surface area contributed by atoms with Crippen LogP contribution >= 0.6 is 15.9 Å². The first-order valence-corrected chi connectivity index (χ1v) is 8.99. The van der Waals surface area contributed by atoms with Crippen molar-refractivity contribution in [1.82, 2.24) is 9.29 Å². The monoisotopic (exact) mass is 415 g/mol. The van der Waals surface area contributed by atoms with Gasteiger partial charge in [0.25, 0.3) is 5.69 Å². The maximum Gasteiger partial charge on any atom is 0.269 e. The second kappa shape index (κ2) is 5.57. The fourth-order valence-electron chi connectivity index (χ4n) is 2.45. The zero-order valence-corrected chi connectivity index (χ0v) is 14.7. The van der Waals surface area contributed by atoms with Gasteiger partial charge in [-0.25, -0.2) is 17.8 Å². The van der Waals surface area contributed by atoms with Gasteiger partial charge >= 0.3 is 0 Å². The minimum Gasteiger partial charge on any atom is -0.258 e. The third kappa shape index (κ3) is 2.70. The summed E-state index contributed by atoms with van der Waals surface area (Å²) in [5.41, 5.74) is -1.27. The molecule has 0 saturated carbocycles. The Kier molecular flexibility index (Phi) is 3.93. The largest absolute Gasteiger partial charge is 0.269 e. The van der Waals surface area contributed by atoms with E-state index in [0.717, 1.165) is 28.6 Å². The molecule has 2 atom stereocenters. The number of hydrogen-bond donors (Lipinski definition) is 0. The highest BCUT2D eigenvalue weighted by Gasteiger charge is 2.58. The van der Waals surface area contributed by atoms with Crippen LogP contribution in [-0.4, -0.2) is 29.2 Å². The molecule has 3 rings (SSSR count). The van der Waals surface area contributed by atoms with E-state index in [1.54, 1.807) is 6.92 Å². The van der Waals surface area contributed by atoms with Gasteiger partial charge in [0.05, 0.1) is 21.1 Å². The van der Waals surface area contributed by atoms with Crippen LogP contribution in [0.2, 0.25) is 0 Å². The number of nitrogens with zero attached hydrogens (tertiary/aromatic N) is 3. The van der Waals surface area contributed by atoms with Gasteiger partial charge in [0, 0.05) is 18.7 Å². The third-order valence-electron chi connectivity index (χ3n) is 3.86. The summed E-state index contributed by atoms with van der Waals surface area (Å²) < 4.78 is 40.9. The molecule has 0 N–H and O–H groups in total. The Balaban J connectivity index is 1.95. The number of hydrogen-bond acceptors (Lipinski definition) is 5. The van der Waals surface area contributed by atoms with Crippen molar-refractivity contribution < 1.29 is 17.7 Å². The second-order valence-corrected chi connectivity index (χ2v) is 8.18. The summed E-state index contributed by atoms with van der Waals surface area (Å²) in [6.07, 6.45) is 0. The number of rotatable bonds is 4. The van der Waals surface area contributed by atoms with Gasteiger partial charge in [-0.2, -0.15) is 4.31 Å². The van der Waals surface area contributed by atoms with Crippen molar-refractivity contribution in [3.05, 3.63) is 62.6 Å². The van der Waals surface area contributed by atoms with E-state index in [9.17, 15) is 22.9 Å². The first-order valence-electron chi connectivity index (χ1n) is 6.76. The molecule has 1 aliphatic heterocycles. The summed E-state index contributed by atoms with van der Waals surface area (Å²) in [5.74, 6) is -0.595. The van der Waals surface area contributed by atoms with Gasteiger partial charge in [0.1, 0.15) is 10.4 Å². The smallest absolute Gasteiger partial charge is 0.258 e. The fourth-order valence-corrected chi connectivity index (χ4v) is 4.53. The van der Waals surface area contributed by atoms with E-state index in [1.807, 2.05) is 0 Å². The molecule has 1 aromatic carbocycles. The normalized spacial score (nSPS) is 23.0. The lowest BCUT2D eigenvalue weighted by Gasteiger charge is -2.13. The first kappa shape index (κ1) is 16.9. The highest BCUT2D eigenvalue weighted by Crippen LogP contribution is 2.46. The molecule has 0 aliphatic carbocycles. The molecule has 1 unspecified atom stereocenters. The number of nitro groups is 1. The number of halogens is 2. The third-order valence-corrected chi connectivity index (χ3v) is 6.28. The van der Waals surface area contributed by atoms with Crippen LogP contribution in [0.5, 0.6) is 0 Å². The number of benzene rings is 1. The Hall–Kier alpha value is -1.91. The van der Waals surface area contributed by atoms with Crippen LogP contribution in [0.4, 0.5) is 10.1 Å². The van der Waals surface area contributed by atoms with Crippen molar-refractivity contribution in [2.24, 2.45) is 0 Å². The number of nitro benzene ring substituents is 1. The number of non-ortho nitro benzene ring substituents is 1. The summed E-state index contributed by atoms with van der Waals surface area (Å²) >= 11 is 3.14. The molecule has 7 nitrogen and oxygen atoms in total. The maximum atomic E-state index is 14.0. The second-order valence-electron chi connectivity index (χ2n) is 5.50. The van der Waals surface area contributed by atoms with E-state index in [0.29, 0.717) is 4.60 Å². The van der Waals surface area contributed by atoms with E-state index in [1.165, 1.54) is 12.1 Å². The Bertz CT molecular complexity index is 936. The molecule has 10 heteroatoms. The number of sulfonamides is 1. The van der Waals surface area contributed by atoms with Gasteiger partial charge in [-0.05, 0) is 47.1 Å². The first-order chi connectivity index (χ1) is 11.2. The van der Waals surface area contributed by atoms with Gasteiger partial charge < -0.3 is 0 Å². The molecule has 0 spiro atoms. The summed E-state index contributed by atoms with van der Waals surface area (Å²) in [5, 5.41) is 10.7. The highest BCUT2D eigenvalue weighted by atomic mass is 79.9. The SMILES string of the molecule is C[C@@]1(c2nc(Br)ccc2F)CN1S(=O)(=O)c1ccc([N+](=O)[O-])cc1. The van der Waals surface area contributed by atoms with E-state index in [2.05, 4.69) is 20.9 Å². The lowest BCUT2D eigenvalue weighted by molar-refractivity contribution is -0.384. The van der Waals surface area contributed by atoms with Crippen molar-refractivity contribution in [1.29, 1.82) is 0 Å². The van der Waals surface area contributed by atoms with Gasteiger partial charge in [0.2, 0.25) is 10.0 Å². The Morgan fingerprint density at radius 3 is 2.50 bits per heavy atom. The zero-order chi connectivity index (χ0) is 17.7. The van der Waals surface area contributed by atoms with E-state index in [-0.39, 0.29) is 22.8 Å². The van der Waals surface area contributed by atoms with E-state index in [4.69, 9.17) is 0 Å². The van der Waals surface area contributed by atoms with Crippen LogP contribution in [0.15, 0.2) is 45.9 Å². The minimum absolute atomic E-state index is 0.0300. The lowest BCUT2D eigenvalue weighted by atomic mass is 10.1. The Morgan fingerprint density at radius 1 is 1.29 bits per heavy atom. The molecule has 1 aromatic heterocycles. The van der Waals surface area contributed by atoms with Crippen LogP contribution in [-0.2, 0) is 15.6 Å². The standard InChI is InChI=1S/C14H11BrFN3O4S/c1-14(13-11(16)6-7-12(15)17-13)8-18(14)24(22,23)10-4-2-9(3-5-10)19(20)21/h2-7H,8H2,1H3/t14-,18?/m0/s1. The average Bonchev–Trinajstić information content (AvgIpc) is 3.24. The average molecular weight is 416 g/mol. The molecule has 24 heavy (non-hydrogen) atoms. The van der Waals surface area contributed by atoms with Crippen molar-refractivity contribution >= 4 is 31.6 Å². The number of aromatic nitrogens is 1. The molecule has 126 valence electrons. The van der Waals surface area contributed by atoms with Gasteiger partial charge in [-0.3, -0.25) is 10.1 Å². The molecule has 2 aromatic rings. The van der Waals surface area contributed by atoms with Crippen molar-refractivity contribution in [2.45, 2.75) is 17.4 Å². The summed E-state index contributed by atoms with van der Waals surface area (Å²) in [6, 6.07) is 7.21. The molecule has 0 radical (unpaired) electrons. The Morgan fingerprint density at radius 2 is 1.92 bits per heavy atom. The van der Waals surface area contributed by atoms with Crippen LogP contribution in [0.3, 0.4) is 0 Å². The predicted octanol–water partition coefficient (Wildman–Crippen LogP) is 2.81. The molecular weight excluding hydrogens is 405 g/mol. The van der Waals surface area contributed by atoms with Gasteiger partial charge in [-0.15, -0.1) is 0 Å². The van der Waals surface area contributed by atoms with Crippen molar-refractivity contribution in [2.75, 3.05) is 6.54 Å². The fraction of sp³-hybridized carbons (Fsp3) is 0.214. The van der Waals surface area contributed by atoms with E-state index >= 15 is 0 Å². The van der Waals surface area contributed by atoms with Crippen LogP contribution in [0.1, 0.15) is 12.6 Å². The van der Waals surface area contributed by atoms with Gasteiger partial charge in [0.15, 0.2) is 0 Å². The summed E-state index contributed by atoms with van der Waals surface area (Å²) in [7, 11) is -3.90. The maximum absolute atomic E-state index is 14.0. The molecule has 1 fully saturated rings. The molecule has 1 saturated heterocycles. The topological polar surface area (TPSA) is 93.2 Å². The van der Waals surface area contributed by atoms with Crippen molar-refractivity contribution in [3.63, 3.8) is 0 Å². The Labute approximate surface area is 145 Å².